The molecule has 7 aromatic carbocycles. The van der Waals surface area contributed by atoms with Crippen LogP contribution in [0.5, 0.6) is 0 Å². The van der Waals surface area contributed by atoms with Gasteiger partial charge in [0.2, 0.25) is 0 Å². The molecule has 0 heterocycles. The molecular formula is C54H58Cl2Zr-2. The van der Waals surface area contributed by atoms with E-state index in [2.05, 4.69) is 199 Å². The van der Waals surface area contributed by atoms with Crippen molar-refractivity contribution in [3.8, 4) is 22.3 Å². The van der Waals surface area contributed by atoms with Gasteiger partial charge in [0.25, 0.3) is 0 Å². The van der Waals surface area contributed by atoms with Crippen molar-refractivity contribution in [2.75, 3.05) is 0 Å². The van der Waals surface area contributed by atoms with Gasteiger partial charge in [-0.25, -0.2) is 12.2 Å². The van der Waals surface area contributed by atoms with Gasteiger partial charge in [-0.05, 0) is 46.9 Å². The second kappa shape index (κ2) is 24.0. The van der Waals surface area contributed by atoms with Crippen molar-refractivity contribution in [1.82, 2.24) is 0 Å². The molecule has 0 atom stereocenters. The van der Waals surface area contributed by atoms with Gasteiger partial charge in [0.15, 0.2) is 0 Å². The van der Waals surface area contributed by atoms with E-state index in [0.717, 1.165) is 6.42 Å². The topological polar surface area (TPSA) is 0 Å². The number of hydrogen-bond donors (Lipinski definition) is 0. The Balaban J connectivity index is 0.000000280. The third-order valence-corrected chi connectivity index (χ3v) is 9.36. The fraction of sp³-hybridized carbons (Fsp3) is 0.222. The van der Waals surface area contributed by atoms with Crippen molar-refractivity contribution in [1.29, 1.82) is 0 Å². The van der Waals surface area contributed by atoms with Crippen LogP contribution in [-0.4, -0.2) is 3.71 Å². The predicted octanol–water partition coefficient (Wildman–Crippen LogP) is 9.30. The largest absolute Gasteiger partial charge is 1.00 e. The molecule has 0 saturated carbocycles. The van der Waals surface area contributed by atoms with E-state index < -0.39 is 0 Å². The summed E-state index contributed by atoms with van der Waals surface area (Å²) in [6.45, 7) is 20.3. The molecule has 8 rings (SSSR count). The molecule has 0 bridgehead atoms. The molecule has 57 heavy (non-hydrogen) atoms. The minimum absolute atomic E-state index is 0. The monoisotopic (exact) mass is 866 g/mol. The zero-order chi connectivity index (χ0) is 39.8. The van der Waals surface area contributed by atoms with Gasteiger partial charge in [-0.15, -0.1) is 46.2 Å². The van der Waals surface area contributed by atoms with Gasteiger partial charge in [-0.3, -0.25) is 6.08 Å². The van der Waals surface area contributed by atoms with E-state index in [1.165, 1.54) is 90.3 Å². The number of benzene rings is 6. The molecule has 0 N–H and O–H groups in total. The minimum atomic E-state index is 0. The number of rotatable bonds is 2. The van der Waals surface area contributed by atoms with Crippen LogP contribution in [0.15, 0.2) is 170 Å². The molecular weight excluding hydrogens is 811 g/mol. The standard InChI is InChI=1S/C23H29.2C12H10.C5H5.C2H4.2ClH.Zr/c1-14-9-16-11-17-10-15(2)21(23(6,7)8)13-19(17)18(16)12-20(14)22(3,4)5;2*1-3-7-11(8-4-1)12-9-5-2-6-10-12;1-2-4-5-3-1;1-2;;;/h9-13H,1-8H3;2*1-10H;1-3H,4H2;1H,2H3;2*1H;/q-1;;;-1;;;;+2/p-2. The summed E-state index contributed by atoms with van der Waals surface area (Å²) in [5.41, 5.74) is 11.2. The molecule has 1 aliphatic carbocycles. The van der Waals surface area contributed by atoms with E-state index in [1.807, 2.05) is 43.3 Å². The van der Waals surface area contributed by atoms with Gasteiger partial charge >= 0.3 is 34.9 Å². The first-order chi connectivity index (χ1) is 26.3. The second-order valence-corrected chi connectivity index (χ2v) is 17.3. The van der Waals surface area contributed by atoms with E-state index in [4.69, 9.17) is 0 Å². The summed E-state index contributed by atoms with van der Waals surface area (Å²) in [6.07, 6.45) is 10.0. The van der Waals surface area contributed by atoms with Crippen molar-refractivity contribution in [3.05, 3.63) is 198 Å². The summed E-state index contributed by atoms with van der Waals surface area (Å²) in [4.78, 5) is 0. The summed E-state index contributed by atoms with van der Waals surface area (Å²) < 4.78 is 2.09. The fourth-order valence-electron chi connectivity index (χ4n) is 6.81. The first-order valence-electron chi connectivity index (χ1n) is 19.4. The zero-order valence-electron chi connectivity index (χ0n) is 35.2. The fourth-order valence-corrected chi connectivity index (χ4v) is 6.81. The van der Waals surface area contributed by atoms with E-state index in [-0.39, 0.29) is 35.6 Å². The van der Waals surface area contributed by atoms with Gasteiger partial charge in [-0.1, -0.05) is 197 Å². The Morgan fingerprint density at radius 1 is 0.526 bits per heavy atom. The molecule has 0 aromatic heterocycles. The van der Waals surface area contributed by atoms with Crippen LogP contribution in [0.25, 0.3) is 43.8 Å². The SMILES string of the molecule is C[CH]=[Zr+2].Cc1cc2[cH-]c3cc(C)c(C(C)(C)C)cc3c2cc1C(C)(C)C.[C-]1=CC=CC1.[Cl-].[Cl-].c1ccc(-c2ccccc2)cc1.c1ccc(-c2ccccc2)cc1. The minimum Gasteiger partial charge on any atom is -1.00 e. The average molecular weight is 869 g/mol. The van der Waals surface area contributed by atoms with Crippen molar-refractivity contribution < 1.29 is 49.0 Å². The van der Waals surface area contributed by atoms with Crippen LogP contribution in [0.4, 0.5) is 0 Å². The normalized spacial score (nSPS) is 11.2. The van der Waals surface area contributed by atoms with Crippen LogP contribution in [0, 0.1) is 19.9 Å². The van der Waals surface area contributed by atoms with Gasteiger partial charge in [0.1, 0.15) is 0 Å². The maximum atomic E-state index is 2.99. The first kappa shape index (κ1) is 49.1. The molecule has 0 spiro atoms. The summed E-state index contributed by atoms with van der Waals surface area (Å²) in [5.74, 6) is 0. The van der Waals surface area contributed by atoms with Gasteiger partial charge in [-0.2, -0.15) is 6.08 Å². The molecule has 0 amide bonds. The molecule has 0 saturated heterocycles. The number of halogens is 2. The molecule has 0 aliphatic heterocycles. The van der Waals surface area contributed by atoms with E-state index in [1.54, 1.807) is 0 Å². The van der Waals surface area contributed by atoms with Crippen molar-refractivity contribution >= 4 is 25.3 Å². The molecule has 0 radical (unpaired) electrons. The first-order valence-corrected chi connectivity index (χ1v) is 20.8. The molecule has 7 aromatic rings. The summed E-state index contributed by atoms with van der Waals surface area (Å²) in [5, 5.41) is 5.55. The number of fused-ring (bicyclic) bond motifs is 3. The zero-order valence-corrected chi connectivity index (χ0v) is 39.2. The quantitative estimate of drug-likeness (QED) is 0.152. The number of allylic oxidation sites excluding steroid dienone is 4. The van der Waals surface area contributed by atoms with Gasteiger partial charge in [0, 0.05) is 0 Å². The Morgan fingerprint density at radius 3 is 1.04 bits per heavy atom. The Morgan fingerprint density at radius 2 is 0.825 bits per heavy atom. The smallest absolute Gasteiger partial charge is 0.0142 e. The maximum absolute atomic E-state index is 2.99. The average Bonchev–Trinajstić information content (AvgIpc) is 3.88. The number of aryl methyl sites for hydroxylation is 2. The Hall–Kier alpha value is -4.00. The molecule has 0 nitrogen and oxygen atoms in total. The Labute approximate surface area is 371 Å². The van der Waals surface area contributed by atoms with Crippen LogP contribution >= 0.6 is 0 Å². The third kappa shape index (κ3) is 15.0. The number of hydrogen-bond acceptors (Lipinski definition) is 0. The molecule has 294 valence electrons. The van der Waals surface area contributed by atoms with Crippen LogP contribution in [0.1, 0.15) is 77.1 Å². The predicted molar refractivity (Wildman–Crippen MR) is 241 cm³/mol. The van der Waals surface area contributed by atoms with Crippen LogP contribution in [-0.2, 0) is 35.1 Å². The van der Waals surface area contributed by atoms with Crippen LogP contribution < -0.4 is 24.8 Å². The van der Waals surface area contributed by atoms with E-state index in [9.17, 15) is 0 Å². The summed E-state index contributed by atoms with van der Waals surface area (Å²) in [7, 11) is 0. The van der Waals surface area contributed by atoms with Crippen LogP contribution in [0.3, 0.4) is 0 Å². The molecule has 3 heteroatoms. The summed E-state index contributed by atoms with van der Waals surface area (Å²) >= 11 is 1.51. The van der Waals surface area contributed by atoms with E-state index in [0.29, 0.717) is 0 Å². The van der Waals surface area contributed by atoms with Crippen molar-refractivity contribution in [2.45, 2.75) is 79.6 Å². The Kier molecular flexibility index (Phi) is 20.7. The summed E-state index contributed by atoms with van der Waals surface area (Å²) in [6, 6.07) is 53.5. The molecule has 1 aliphatic rings. The second-order valence-electron chi connectivity index (χ2n) is 15.9. The molecule has 0 fully saturated rings. The maximum Gasteiger partial charge on any atom is -0.0142 e. The van der Waals surface area contributed by atoms with Crippen molar-refractivity contribution in [2.24, 2.45) is 0 Å². The van der Waals surface area contributed by atoms with Crippen molar-refractivity contribution in [3.63, 3.8) is 0 Å². The third-order valence-electron chi connectivity index (χ3n) is 9.36. The van der Waals surface area contributed by atoms with E-state index >= 15 is 0 Å². The van der Waals surface area contributed by atoms with Gasteiger partial charge in [0.05, 0.1) is 0 Å². The molecule has 0 unspecified atom stereocenters. The van der Waals surface area contributed by atoms with Crippen LogP contribution in [0.2, 0.25) is 0 Å². The Bertz CT molecular complexity index is 2030. The van der Waals surface area contributed by atoms with Gasteiger partial charge < -0.3 is 24.8 Å².